The number of alkyl halides is 3. The van der Waals surface area contributed by atoms with Crippen LogP contribution >= 0.6 is 0 Å². The molecule has 1 aromatic rings. The van der Waals surface area contributed by atoms with E-state index in [1.54, 1.807) is 0 Å². The second kappa shape index (κ2) is 5.52. The third-order valence-corrected chi connectivity index (χ3v) is 1.96. The number of halogens is 3. The van der Waals surface area contributed by atoms with Gasteiger partial charge in [0.15, 0.2) is 0 Å². The van der Waals surface area contributed by atoms with Crippen molar-refractivity contribution in [1.29, 1.82) is 0 Å². The number of hydrogen-bond donors (Lipinski definition) is 1. The lowest BCUT2D eigenvalue weighted by Gasteiger charge is -2.09. The average Bonchev–Trinajstić information content (AvgIpc) is 2.26. The van der Waals surface area contributed by atoms with Crippen molar-refractivity contribution in [3.8, 4) is 5.88 Å². The third-order valence-electron chi connectivity index (χ3n) is 1.96. The van der Waals surface area contributed by atoms with E-state index in [-0.39, 0.29) is 11.7 Å². The Balaban J connectivity index is 2.81. The molecule has 0 saturated heterocycles. The minimum Gasteiger partial charge on any atom is -0.481 e. The highest BCUT2D eigenvalue weighted by molar-refractivity contribution is 5.56. The first-order valence-electron chi connectivity index (χ1n) is 4.83. The Bertz CT molecular complexity index is 437. The zero-order valence-electron chi connectivity index (χ0n) is 9.32. The van der Waals surface area contributed by atoms with Crippen LogP contribution in [0.25, 0.3) is 0 Å². The van der Waals surface area contributed by atoms with E-state index in [9.17, 15) is 23.3 Å². The van der Waals surface area contributed by atoms with Crippen molar-refractivity contribution in [2.45, 2.75) is 12.6 Å². The Hall–Kier alpha value is -2.06. The van der Waals surface area contributed by atoms with Gasteiger partial charge in [0.25, 0.3) is 0 Å². The van der Waals surface area contributed by atoms with Crippen LogP contribution in [0.5, 0.6) is 5.88 Å². The van der Waals surface area contributed by atoms with Crippen molar-refractivity contribution in [2.24, 2.45) is 0 Å². The first-order valence-corrected chi connectivity index (χ1v) is 4.83. The minimum atomic E-state index is -4.33. The second-order valence-corrected chi connectivity index (χ2v) is 3.27. The molecule has 0 bridgehead atoms. The van der Waals surface area contributed by atoms with Crippen LogP contribution in [0, 0.1) is 10.1 Å². The quantitative estimate of drug-likeness (QED) is 0.653. The maximum absolute atomic E-state index is 11.9. The molecule has 0 amide bonds. The number of anilines is 1. The fourth-order valence-electron chi connectivity index (χ4n) is 1.15. The molecule has 1 N–H and O–H groups in total. The van der Waals surface area contributed by atoms with E-state index in [1.807, 2.05) is 0 Å². The normalized spacial score (nSPS) is 11.1. The Morgan fingerprint density at radius 3 is 2.67 bits per heavy atom. The van der Waals surface area contributed by atoms with E-state index in [2.05, 4.69) is 10.3 Å². The molecule has 0 spiro atoms. The van der Waals surface area contributed by atoms with Gasteiger partial charge >= 0.3 is 11.9 Å². The molecule has 1 aromatic heterocycles. The number of rotatable bonds is 5. The van der Waals surface area contributed by atoms with Gasteiger partial charge in [0.2, 0.25) is 11.7 Å². The van der Waals surface area contributed by atoms with Crippen molar-refractivity contribution in [1.82, 2.24) is 4.98 Å². The summed E-state index contributed by atoms with van der Waals surface area (Å²) in [4.78, 5) is 13.6. The maximum atomic E-state index is 11.9. The van der Waals surface area contributed by atoms with Gasteiger partial charge in [-0.25, -0.2) is 0 Å². The summed E-state index contributed by atoms with van der Waals surface area (Å²) in [5.41, 5.74) is -0.405. The van der Waals surface area contributed by atoms with Gasteiger partial charge in [-0.3, -0.25) is 10.1 Å². The number of hydrogen-bond acceptors (Lipinski definition) is 5. The highest BCUT2D eigenvalue weighted by atomic mass is 19.4. The zero-order valence-corrected chi connectivity index (χ0v) is 9.32. The van der Waals surface area contributed by atoms with E-state index in [1.165, 1.54) is 13.2 Å². The van der Waals surface area contributed by atoms with Crippen LogP contribution in [-0.4, -0.2) is 29.7 Å². The Morgan fingerprint density at radius 2 is 2.17 bits per heavy atom. The van der Waals surface area contributed by atoms with E-state index >= 15 is 0 Å². The number of nitrogens with one attached hydrogen (secondary N) is 1. The van der Waals surface area contributed by atoms with Gasteiger partial charge in [0, 0.05) is 18.7 Å². The Morgan fingerprint density at radius 1 is 1.50 bits per heavy atom. The molecule has 0 unspecified atom stereocenters. The summed E-state index contributed by atoms with van der Waals surface area (Å²) in [5, 5.41) is 12.9. The van der Waals surface area contributed by atoms with E-state index in [4.69, 9.17) is 4.74 Å². The van der Waals surface area contributed by atoms with Crippen molar-refractivity contribution in [3.05, 3.63) is 22.2 Å². The lowest BCUT2D eigenvalue weighted by Crippen LogP contribution is -2.15. The Labute approximate surface area is 99.9 Å². The predicted octanol–water partition coefficient (Wildman–Crippen LogP) is 2.36. The highest BCUT2D eigenvalue weighted by Gasteiger charge is 2.27. The van der Waals surface area contributed by atoms with Crippen LogP contribution in [0.3, 0.4) is 0 Å². The monoisotopic (exact) mass is 265 g/mol. The average molecular weight is 265 g/mol. The van der Waals surface area contributed by atoms with Gasteiger partial charge in [0.1, 0.15) is 0 Å². The molecular formula is C9H10F3N3O3. The molecule has 18 heavy (non-hydrogen) atoms. The Kier molecular flexibility index (Phi) is 4.29. The van der Waals surface area contributed by atoms with E-state index < -0.39 is 29.8 Å². The van der Waals surface area contributed by atoms with Crippen LogP contribution < -0.4 is 10.1 Å². The van der Waals surface area contributed by atoms with Gasteiger partial charge in [-0.05, 0) is 0 Å². The lowest BCUT2D eigenvalue weighted by atomic mass is 10.3. The molecular weight excluding hydrogens is 255 g/mol. The molecule has 0 saturated carbocycles. The minimum absolute atomic E-state index is 0.0788. The highest BCUT2D eigenvalue weighted by Crippen LogP contribution is 2.26. The summed E-state index contributed by atoms with van der Waals surface area (Å²) in [6.07, 6.45) is -5.44. The SMILES string of the molecule is COc1ccc([N+](=O)[O-])c(NCCC(F)(F)F)n1. The summed E-state index contributed by atoms with van der Waals surface area (Å²) < 4.78 is 40.6. The number of methoxy groups -OCH3 is 1. The second-order valence-electron chi connectivity index (χ2n) is 3.27. The molecule has 9 heteroatoms. The van der Waals surface area contributed by atoms with Crippen LogP contribution in [-0.2, 0) is 0 Å². The van der Waals surface area contributed by atoms with Crippen LogP contribution in [0.2, 0.25) is 0 Å². The van der Waals surface area contributed by atoms with E-state index in [0.717, 1.165) is 6.07 Å². The van der Waals surface area contributed by atoms with Crippen molar-refractivity contribution < 1.29 is 22.8 Å². The van der Waals surface area contributed by atoms with Gasteiger partial charge in [-0.15, -0.1) is 0 Å². The topological polar surface area (TPSA) is 77.3 Å². The van der Waals surface area contributed by atoms with Crippen LogP contribution in [0.1, 0.15) is 6.42 Å². The third kappa shape index (κ3) is 4.07. The fraction of sp³-hybridized carbons (Fsp3) is 0.444. The number of pyridine rings is 1. The van der Waals surface area contributed by atoms with E-state index in [0.29, 0.717) is 0 Å². The van der Waals surface area contributed by atoms with Crippen LogP contribution in [0.4, 0.5) is 24.7 Å². The standard InChI is InChI=1S/C9H10F3N3O3/c1-18-7-3-2-6(15(16)17)8(14-7)13-5-4-9(10,11)12/h2-3H,4-5H2,1H3,(H,13,14). The first kappa shape index (κ1) is 14.0. The van der Waals surface area contributed by atoms with Gasteiger partial charge < -0.3 is 10.1 Å². The van der Waals surface area contributed by atoms with Gasteiger partial charge in [-0.2, -0.15) is 18.2 Å². The van der Waals surface area contributed by atoms with Crippen molar-refractivity contribution >= 4 is 11.5 Å². The van der Waals surface area contributed by atoms with Gasteiger partial charge in [-0.1, -0.05) is 0 Å². The fourth-order valence-corrected chi connectivity index (χ4v) is 1.15. The molecule has 0 aliphatic heterocycles. The molecule has 0 aliphatic carbocycles. The number of ether oxygens (including phenoxy) is 1. The molecule has 0 atom stereocenters. The van der Waals surface area contributed by atoms with Gasteiger partial charge in [0.05, 0.1) is 18.5 Å². The van der Waals surface area contributed by atoms with Crippen molar-refractivity contribution in [3.63, 3.8) is 0 Å². The first-order chi connectivity index (χ1) is 8.33. The molecule has 0 radical (unpaired) electrons. The molecule has 0 aromatic carbocycles. The summed E-state index contributed by atoms with van der Waals surface area (Å²) >= 11 is 0. The molecule has 1 rings (SSSR count). The molecule has 6 nitrogen and oxygen atoms in total. The summed E-state index contributed by atoms with van der Waals surface area (Å²) in [5.74, 6) is -0.168. The summed E-state index contributed by atoms with van der Waals surface area (Å²) in [6, 6.07) is 2.37. The number of nitrogens with zero attached hydrogens (tertiary/aromatic N) is 2. The smallest absolute Gasteiger partial charge is 0.390 e. The largest absolute Gasteiger partial charge is 0.481 e. The number of aromatic nitrogens is 1. The molecule has 0 fully saturated rings. The maximum Gasteiger partial charge on any atom is 0.390 e. The van der Waals surface area contributed by atoms with Crippen LogP contribution in [0.15, 0.2) is 12.1 Å². The van der Waals surface area contributed by atoms with Crippen molar-refractivity contribution in [2.75, 3.05) is 19.0 Å². The lowest BCUT2D eigenvalue weighted by molar-refractivity contribution is -0.384. The number of nitro groups is 1. The molecule has 1 heterocycles. The molecule has 100 valence electrons. The zero-order chi connectivity index (χ0) is 13.8. The summed E-state index contributed by atoms with van der Waals surface area (Å²) in [7, 11) is 1.30. The molecule has 0 aliphatic rings. The predicted molar refractivity (Wildman–Crippen MR) is 56.6 cm³/mol. The summed E-state index contributed by atoms with van der Waals surface area (Å²) in [6.45, 7) is -0.496.